The van der Waals surface area contributed by atoms with Gasteiger partial charge in [0.1, 0.15) is 11.5 Å². The number of amides is 1. The number of hydrogen-bond acceptors (Lipinski definition) is 6. The second-order valence-electron chi connectivity index (χ2n) is 7.04. The molecule has 1 amide bonds. The number of pyridine rings is 1. The first-order valence-corrected chi connectivity index (χ1v) is 11.0. The molecule has 8 nitrogen and oxygen atoms in total. The molecule has 1 aliphatic rings. The minimum absolute atomic E-state index is 0.0972. The summed E-state index contributed by atoms with van der Waals surface area (Å²) in [6, 6.07) is 9.81. The van der Waals surface area contributed by atoms with Crippen molar-refractivity contribution in [2.24, 2.45) is 0 Å². The SMILES string of the molecule is N=C(Cc1ccc(S(=O)(=O)N2CCCCC2)cc1)C(=O)NCc1ccc(N)nc1. The van der Waals surface area contributed by atoms with Crippen molar-refractivity contribution >= 4 is 27.5 Å². The van der Waals surface area contributed by atoms with Gasteiger partial charge in [-0.15, -0.1) is 0 Å². The average molecular weight is 416 g/mol. The van der Waals surface area contributed by atoms with E-state index < -0.39 is 15.9 Å². The number of piperidine rings is 1. The van der Waals surface area contributed by atoms with E-state index in [0.717, 1.165) is 24.8 Å². The molecule has 4 N–H and O–H groups in total. The van der Waals surface area contributed by atoms with E-state index in [2.05, 4.69) is 10.3 Å². The highest BCUT2D eigenvalue weighted by Crippen LogP contribution is 2.21. The lowest BCUT2D eigenvalue weighted by Gasteiger charge is -2.25. The summed E-state index contributed by atoms with van der Waals surface area (Å²) in [5.74, 6) is -0.0783. The summed E-state index contributed by atoms with van der Waals surface area (Å²) in [5, 5.41) is 10.7. The fourth-order valence-electron chi connectivity index (χ4n) is 3.15. The van der Waals surface area contributed by atoms with Gasteiger partial charge in [-0.05, 0) is 42.2 Å². The number of rotatable bonds is 7. The van der Waals surface area contributed by atoms with Crippen molar-refractivity contribution in [2.75, 3.05) is 18.8 Å². The molecule has 154 valence electrons. The van der Waals surface area contributed by atoms with E-state index in [9.17, 15) is 13.2 Å². The standard InChI is InChI=1S/C20H25N5O3S/c21-18(20(26)24-14-16-6-9-19(22)23-13-16)12-15-4-7-17(8-5-15)29(27,28)25-10-2-1-3-11-25/h4-9,13,21H,1-3,10-12,14H2,(H2,22,23)(H,24,26). The second-order valence-corrected chi connectivity index (χ2v) is 8.98. The van der Waals surface area contributed by atoms with Crippen LogP contribution in [0.4, 0.5) is 5.82 Å². The van der Waals surface area contributed by atoms with Crippen molar-refractivity contribution in [3.63, 3.8) is 0 Å². The molecule has 1 fully saturated rings. The highest BCUT2D eigenvalue weighted by molar-refractivity contribution is 7.89. The van der Waals surface area contributed by atoms with Crippen LogP contribution in [-0.4, -0.2) is 42.4 Å². The third-order valence-corrected chi connectivity index (χ3v) is 6.74. The fourth-order valence-corrected chi connectivity index (χ4v) is 4.66. The molecule has 1 aliphatic heterocycles. The summed E-state index contributed by atoms with van der Waals surface area (Å²) in [5.41, 5.74) is 6.92. The van der Waals surface area contributed by atoms with Gasteiger partial charge in [0.15, 0.2) is 0 Å². The van der Waals surface area contributed by atoms with Crippen LogP contribution in [0.5, 0.6) is 0 Å². The van der Waals surface area contributed by atoms with Crippen molar-refractivity contribution < 1.29 is 13.2 Å². The summed E-state index contributed by atoms with van der Waals surface area (Å²) >= 11 is 0. The number of sulfonamides is 1. The van der Waals surface area contributed by atoms with Gasteiger partial charge in [0.2, 0.25) is 10.0 Å². The highest BCUT2D eigenvalue weighted by Gasteiger charge is 2.25. The molecule has 1 saturated heterocycles. The smallest absolute Gasteiger partial charge is 0.265 e. The molecule has 0 atom stereocenters. The van der Waals surface area contributed by atoms with Gasteiger partial charge in [0, 0.05) is 32.3 Å². The van der Waals surface area contributed by atoms with E-state index in [1.54, 1.807) is 42.6 Å². The number of nitrogens with two attached hydrogens (primary N) is 1. The Kier molecular flexibility index (Phi) is 6.60. The van der Waals surface area contributed by atoms with Gasteiger partial charge in [0.25, 0.3) is 5.91 Å². The first-order valence-electron chi connectivity index (χ1n) is 9.51. The van der Waals surface area contributed by atoms with Gasteiger partial charge >= 0.3 is 0 Å². The van der Waals surface area contributed by atoms with E-state index >= 15 is 0 Å². The Bertz CT molecular complexity index is 966. The zero-order valence-electron chi connectivity index (χ0n) is 16.1. The van der Waals surface area contributed by atoms with Crippen LogP contribution in [0.15, 0.2) is 47.5 Å². The van der Waals surface area contributed by atoms with Crippen molar-refractivity contribution in [3.8, 4) is 0 Å². The number of carbonyl (C=O) groups is 1. The van der Waals surface area contributed by atoms with Crippen LogP contribution < -0.4 is 11.1 Å². The number of nitrogen functional groups attached to an aromatic ring is 1. The maximum atomic E-state index is 12.7. The normalized spacial score (nSPS) is 15.0. The molecule has 2 aromatic rings. The monoisotopic (exact) mass is 415 g/mol. The number of aromatic nitrogens is 1. The van der Waals surface area contributed by atoms with E-state index in [1.165, 1.54) is 4.31 Å². The predicted octanol–water partition coefficient (Wildman–Crippen LogP) is 1.72. The molecule has 3 rings (SSSR count). The number of anilines is 1. The Morgan fingerprint density at radius 1 is 1.07 bits per heavy atom. The zero-order chi connectivity index (χ0) is 20.9. The van der Waals surface area contributed by atoms with E-state index in [1.807, 2.05) is 0 Å². The van der Waals surface area contributed by atoms with Crippen LogP contribution in [0.1, 0.15) is 30.4 Å². The number of hydrogen-bond donors (Lipinski definition) is 3. The summed E-state index contributed by atoms with van der Waals surface area (Å²) in [6.07, 6.45) is 4.52. The van der Waals surface area contributed by atoms with Gasteiger partial charge in [0.05, 0.1) is 4.90 Å². The Morgan fingerprint density at radius 2 is 1.72 bits per heavy atom. The summed E-state index contributed by atoms with van der Waals surface area (Å²) < 4.78 is 26.9. The molecule has 29 heavy (non-hydrogen) atoms. The predicted molar refractivity (Wildman–Crippen MR) is 111 cm³/mol. The van der Waals surface area contributed by atoms with Crippen LogP contribution in [-0.2, 0) is 27.8 Å². The molecule has 9 heteroatoms. The Labute approximate surface area is 170 Å². The second kappa shape index (κ2) is 9.15. The zero-order valence-corrected chi connectivity index (χ0v) is 16.9. The Hall–Kier alpha value is -2.78. The van der Waals surface area contributed by atoms with Crippen molar-refractivity contribution in [2.45, 2.75) is 37.1 Å². The highest BCUT2D eigenvalue weighted by atomic mass is 32.2. The minimum atomic E-state index is -3.48. The fraction of sp³-hybridized carbons (Fsp3) is 0.350. The Balaban J connectivity index is 1.56. The van der Waals surface area contributed by atoms with Gasteiger partial charge in [-0.2, -0.15) is 4.31 Å². The largest absolute Gasteiger partial charge is 0.384 e. The molecule has 0 radical (unpaired) electrons. The van der Waals surface area contributed by atoms with Crippen LogP contribution in [0.2, 0.25) is 0 Å². The van der Waals surface area contributed by atoms with Crippen molar-refractivity contribution in [1.29, 1.82) is 5.41 Å². The summed E-state index contributed by atoms with van der Waals surface area (Å²) in [6.45, 7) is 1.36. The van der Waals surface area contributed by atoms with Crippen molar-refractivity contribution in [3.05, 3.63) is 53.7 Å². The average Bonchev–Trinajstić information content (AvgIpc) is 2.74. The lowest BCUT2D eigenvalue weighted by Crippen LogP contribution is -2.35. The molecule has 2 heterocycles. The molecule has 0 unspecified atom stereocenters. The van der Waals surface area contributed by atoms with Gasteiger partial charge in [-0.1, -0.05) is 24.6 Å². The maximum Gasteiger partial charge on any atom is 0.265 e. The lowest BCUT2D eigenvalue weighted by molar-refractivity contribution is -0.115. The Morgan fingerprint density at radius 3 is 2.34 bits per heavy atom. The van der Waals surface area contributed by atoms with E-state index in [4.69, 9.17) is 11.1 Å². The number of carbonyl (C=O) groups excluding carboxylic acids is 1. The molecule has 0 spiro atoms. The van der Waals surface area contributed by atoms with Gasteiger partial charge < -0.3 is 11.1 Å². The van der Waals surface area contributed by atoms with Crippen molar-refractivity contribution in [1.82, 2.24) is 14.6 Å². The minimum Gasteiger partial charge on any atom is -0.384 e. The van der Waals surface area contributed by atoms with Crippen LogP contribution in [0.25, 0.3) is 0 Å². The van der Waals surface area contributed by atoms with Crippen LogP contribution >= 0.6 is 0 Å². The number of nitrogens with one attached hydrogen (secondary N) is 2. The lowest BCUT2D eigenvalue weighted by atomic mass is 10.1. The maximum absolute atomic E-state index is 12.7. The first-order chi connectivity index (χ1) is 13.9. The number of nitrogens with zero attached hydrogens (tertiary/aromatic N) is 2. The molecule has 1 aromatic carbocycles. The van der Waals surface area contributed by atoms with Crippen LogP contribution in [0.3, 0.4) is 0 Å². The topological polar surface area (TPSA) is 129 Å². The summed E-state index contributed by atoms with van der Waals surface area (Å²) in [4.78, 5) is 16.3. The molecule has 0 saturated carbocycles. The molecule has 0 aliphatic carbocycles. The molecule has 0 bridgehead atoms. The first kappa shape index (κ1) is 20.9. The van der Waals surface area contributed by atoms with Gasteiger partial charge in [-0.25, -0.2) is 13.4 Å². The quantitative estimate of drug-likeness (QED) is 0.593. The molecular weight excluding hydrogens is 390 g/mol. The molecular formula is C20H25N5O3S. The van der Waals surface area contributed by atoms with Crippen LogP contribution in [0, 0.1) is 5.41 Å². The third kappa shape index (κ3) is 5.39. The number of benzene rings is 1. The van der Waals surface area contributed by atoms with Gasteiger partial charge in [-0.3, -0.25) is 10.2 Å². The molecule has 1 aromatic heterocycles. The van der Waals surface area contributed by atoms with E-state index in [0.29, 0.717) is 24.5 Å². The summed E-state index contributed by atoms with van der Waals surface area (Å²) in [7, 11) is -3.48. The van der Waals surface area contributed by atoms with E-state index in [-0.39, 0.29) is 23.6 Å². The third-order valence-electron chi connectivity index (χ3n) is 4.83.